The van der Waals surface area contributed by atoms with Gasteiger partial charge < -0.3 is 14.3 Å². The zero-order chi connectivity index (χ0) is 20.0. The highest BCUT2D eigenvalue weighted by Crippen LogP contribution is 2.30. The van der Waals surface area contributed by atoms with Crippen LogP contribution in [0.25, 0.3) is 22.2 Å². The van der Waals surface area contributed by atoms with Crippen molar-refractivity contribution in [3.8, 4) is 11.4 Å². The Labute approximate surface area is 163 Å². The van der Waals surface area contributed by atoms with Crippen molar-refractivity contribution in [1.29, 1.82) is 0 Å². The normalized spacial score (nSPS) is 11.6. The number of H-pyrrole nitrogens is 1. The number of benzene rings is 1. The summed E-state index contributed by atoms with van der Waals surface area (Å²) in [5.74, 6) is 2.49. The number of nitrogens with one attached hydrogen (secondary N) is 1. The predicted octanol–water partition coefficient (Wildman–Crippen LogP) is 3.50. The van der Waals surface area contributed by atoms with E-state index in [0.29, 0.717) is 23.4 Å². The van der Waals surface area contributed by atoms with Gasteiger partial charge in [-0.2, -0.15) is 0 Å². The van der Waals surface area contributed by atoms with E-state index in [1.54, 1.807) is 0 Å². The van der Waals surface area contributed by atoms with Gasteiger partial charge in [-0.3, -0.25) is 9.20 Å². The summed E-state index contributed by atoms with van der Waals surface area (Å²) in [6.45, 7) is 10.4. The third kappa shape index (κ3) is 2.69. The molecule has 0 bridgehead atoms. The Kier molecular flexibility index (Phi) is 4.45. The molecule has 3 heterocycles. The molecule has 3 aromatic heterocycles. The van der Waals surface area contributed by atoms with Crippen LogP contribution in [-0.4, -0.2) is 30.5 Å². The highest BCUT2D eigenvalue weighted by atomic mass is 16.5. The fourth-order valence-corrected chi connectivity index (χ4v) is 3.84. The van der Waals surface area contributed by atoms with Crippen LogP contribution in [0.4, 0.5) is 0 Å². The first-order valence-electron chi connectivity index (χ1n) is 9.74. The van der Waals surface area contributed by atoms with Crippen molar-refractivity contribution in [2.45, 2.75) is 47.5 Å². The number of aromatic amines is 1. The minimum atomic E-state index is -0.154. The van der Waals surface area contributed by atoms with E-state index in [1.807, 2.05) is 44.4 Å². The van der Waals surface area contributed by atoms with Crippen LogP contribution in [0.2, 0.25) is 0 Å². The van der Waals surface area contributed by atoms with Crippen molar-refractivity contribution < 1.29 is 4.74 Å². The summed E-state index contributed by atoms with van der Waals surface area (Å²) in [6, 6.07) is 4.03. The second-order valence-electron chi connectivity index (χ2n) is 6.90. The maximum Gasteiger partial charge on any atom is 0.274 e. The summed E-state index contributed by atoms with van der Waals surface area (Å²) in [6.07, 6.45) is 3.58. The Morgan fingerprint density at radius 1 is 1.07 bits per heavy atom. The van der Waals surface area contributed by atoms with E-state index >= 15 is 0 Å². The maximum absolute atomic E-state index is 12.8. The molecular weight excluding hydrogens is 354 g/mol. The van der Waals surface area contributed by atoms with Crippen molar-refractivity contribution in [3.05, 3.63) is 51.7 Å². The lowest BCUT2D eigenvalue weighted by molar-refractivity contribution is 0.343. The van der Waals surface area contributed by atoms with Gasteiger partial charge in [0.2, 0.25) is 0 Å². The Morgan fingerprint density at radius 2 is 1.82 bits per heavy atom. The minimum absolute atomic E-state index is 0.154. The molecule has 4 aromatic rings. The van der Waals surface area contributed by atoms with Gasteiger partial charge in [-0.1, -0.05) is 13.8 Å². The van der Waals surface area contributed by atoms with Gasteiger partial charge in [0.05, 0.1) is 29.2 Å². The predicted molar refractivity (Wildman–Crippen MR) is 110 cm³/mol. The Morgan fingerprint density at radius 3 is 2.50 bits per heavy atom. The molecule has 1 aromatic carbocycles. The number of nitrogens with zero attached hydrogens (tertiary/aromatic N) is 4. The first-order chi connectivity index (χ1) is 13.5. The molecule has 4 rings (SSSR count). The molecule has 0 spiro atoms. The van der Waals surface area contributed by atoms with Gasteiger partial charge in [0.25, 0.3) is 5.56 Å². The standard InChI is InChI=1S/C21H25N5O2/c1-6-17-22-12(4)11-25(17)14-9-15-19(16(10-14)28-8-3)24-21(27)20-13(5)23-18(7-2)26(15)20/h9-11H,6-8H2,1-5H3,(H,24,27). The van der Waals surface area contributed by atoms with Crippen LogP contribution in [0, 0.1) is 13.8 Å². The summed E-state index contributed by atoms with van der Waals surface area (Å²) in [5, 5.41) is 0. The van der Waals surface area contributed by atoms with Crippen LogP contribution >= 0.6 is 0 Å². The second kappa shape index (κ2) is 6.82. The Bertz CT molecular complexity index is 1250. The number of aryl methyl sites for hydroxylation is 4. The van der Waals surface area contributed by atoms with Gasteiger partial charge >= 0.3 is 0 Å². The third-order valence-corrected chi connectivity index (χ3v) is 4.99. The summed E-state index contributed by atoms with van der Waals surface area (Å²) in [4.78, 5) is 25.0. The largest absolute Gasteiger partial charge is 0.492 e. The molecule has 0 saturated carbocycles. The Hall–Kier alpha value is -3.09. The molecule has 0 saturated heterocycles. The van der Waals surface area contributed by atoms with E-state index in [9.17, 15) is 4.79 Å². The fourth-order valence-electron chi connectivity index (χ4n) is 3.84. The van der Waals surface area contributed by atoms with Crippen LogP contribution < -0.4 is 10.3 Å². The maximum atomic E-state index is 12.8. The Balaban J connectivity index is 2.16. The highest BCUT2D eigenvalue weighted by Gasteiger charge is 2.18. The molecule has 0 radical (unpaired) electrons. The van der Waals surface area contributed by atoms with Gasteiger partial charge in [-0.25, -0.2) is 9.97 Å². The number of rotatable bonds is 5. The molecule has 7 heteroatoms. The highest BCUT2D eigenvalue weighted by molar-refractivity contribution is 5.86. The molecule has 0 atom stereocenters. The summed E-state index contributed by atoms with van der Waals surface area (Å²) in [7, 11) is 0. The van der Waals surface area contributed by atoms with E-state index in [0.717, 1.165) is 47.1 Å². The van der Waals surface area contributed by atoms with Gasteiger partial charge in [0.15, 0.2) is 0 Å². The zero-order valence-electron chi connectivity index (χ0n) is 17.0. The quantitative estimate of drug-likeness (QED) is 0.576. The average Bonchev–Trinajstić information content (AvgIpc) is 3.22. The van der Waals surface area contributed by atoms with E-state index in [2.05, 4.69) is 32.5 Å². The van der Waals surface area contributed by atoms with Crippen LogP contribution in [0.15, 0.2) is 23.1 Å². The summed E-state index contributed by atoms with van der Waals surface area (Å²) >= 11 is 0. The SMILES string of the molecule is CCOc1cc(-n2cc(C)nc2CC)cc2c1[nH]c(=O)c1c(C)nc(CC)n12. The lowest BCUT2D eigenvalue weighted by atomic mass is 10.2. The molecule has 0 aliphatic carbocycles. The average molecular weight is 379 g/mol. The number of hydrogen-bond acceptors (Lipinski definition) is 4. The molecule has 0 fully saturated rings. The molecular formula is C21H25N5O2. The van der Waals surface area contributed by atoms with Gasteiger partial charge in [0.1, 0.15) is 28.4 Å². The molecule has 28 heavy (non-hydrogen) atoms. The fraction of sp³-hybridized carbons (Fsp3) is 0.381. The zero-order valence-corrected chi connectivity index (χ0v) is 17.0. The first-order valence-corrected chi connectivity index (χ1v) is 9.74. The van der Waals surface area contributed by atoms with E-state index in [1.165, 1.54) is 0 Å². The van der Waals surface area contributed by atoms with E-state index in [-0.39, 0.29) is 5.56 Å². The van der Waals surface area contributed by atoms with Crippen molar-refractivity contribution >= 4 is 16.6 Å². The molecule has 0 aliphatic heterocycles. The number of hydrogen-bond donors (Lipinski definition) is 1. The molecule has 1 N–H and O–H groups in total. The topological polar surface area (TPSA) is 77.2 Å². The van der Waals surface area contributed by atoms with Gasteiger partial charge in [-0.05, 0) is 26.8 Å². The van der Waals surface area contributed by atoms with Crippen LogP contribution in [0.5, 0.6) is 5.75 Å². The first kappa shape index (κ1) is 18.3. The van der Waals surface area contributed by atoms with E-state index in [4.69, 9.17) is 4.74 Å². The van der Waals surface area contributed by atoms with E-state index < -0.39 is 0 Å². The molecule has 0 aliphatic rings. The monoisotopic (exact) mass is 379 g/mol. The number of ether oxygens (including phenoxy) is 1. The summed E-state index contributed by atoms with van der Waals surface area (Å²) < 4.78 is 9.96. The van der Waals surface area contributed by atoms with Crippen molar-refractivity contribution in [2.75, 3.05) is 6.61 Å². The molecule has 146 valence electrons. The molecule has 0 amide bonds. The third-order valence-electron chi connectivity index (χ3n) is 4.99. The van der Waals surface area contributed by atoms with Crippen LogP contribution in [-0.2, 0) is 12.8 Å². The van der Waals surface area contributed by atoms with Crippen molar-refractivity contribution in [1.82, 2.24) is 23.9 Å². The minimum Gasteiger partial charge on any atom is -0.492 e. The molecule has 0 unspecified atom stereocenters. The van der Waals surface area contributed by atoms with Crippen molar-refractivity contribution in [3.63, 3.8) is 0 Å². The summed E-state index contributed by atoms with van der Waals surface area (Å²) in [5.41, 5.74) is 4.65. The number of fused-ring (bicyclic) bond motifs is 3. The van der Waals surface area contributed by atoms with Crippen LogP contribution in [0.1, 0.15) is 43.8 Å². The van der Waals surface area contributed by atoms with Gasteiger partial charge in [0, 0.05) is 25.1 Å². The van der Waals surface area contributed by atoms with Gasteiger partial charge in [-0.15, -0.1) is 0 Å². The second-order valence-corrected chi connectivity index (χ2v) is 6.90. The van der Waals surface area contributed by atoms with Crippen molar-refractivity contribution in [2.24, 2.45) is 0 Å². The lowest BCUT2D eigenvalue weighted by Gasteiger charge is -2.14. The smallest absolute Gasteiger partial charge is 0.274 e. The number of aromatic nitrogens is 5. The van der Waals surface area contributed by atoms with Crippen LogP contribution in [0.3, 0.4) is 0 Å². The number of imidazole rings is 2. The molecule has 7 nitrogen and oxygen atoms in total. The lowest BCUT2D eigenvalue weighted by Crippen LogP contribution is -2.13.